The number of carbonyl (C=O) groups is 1. The van der Waals surface area contributed by atoms with E-state index >= 15 is 0 Å². The Morgan fingerprint density at radius 1 is 1.03 bits per heavy atom. The second-order valence-electron chi connectivity index (χ2n) is 8.37. The molecule has 7 heteroatoms. The van der Waals surface area contributed by atoms with Crippen LogP contribution in [0, 0.1) is 6.92 Å². The van der Waals surface area contributed by atoms with E-state index in [1.54, 1.807) is 18.3 Å². The summed E-state index contributed by atoms with van der Waals surface area (Å²) in [7, 11) is 0. The minimum atomic E-state index is -0.637. The van der Waals surface area contributed by atoms with Crippen LogP contribution in [0.5, 0.6) is 11.5 Å². The number of hydrogen-bond donors (Lipinski definition) is 0. The lowest BCUT2D eigenvalue weighted by molar-refractivity contribution is 0.0574. The molecule has 0 N–H and O–H groups in total. The van der Waals surface area contributed by atoms with Gasteiger partial charge in [-0.2, -0.15) is 0 Å². The molecule has 0 atom stereocenters. The van der Waals surface area contributed by atoms with Gasteiger partial charge in [-0.15, -0.1) is 0 Å². The number of anilines is 1. The first kappa shape index (κ1) is 21.4. The summed E-state index contributed by atoms with van der Waals surface area (Å²) >= 11 is 0. The van der Waals surface area contributed by atoms with Crippen molar-refractivity contribution in [1.82, 2.24) is 9.97 Å². The maximum atomic E-state index is 12.9. The highest BCUT2D eigenvalue weighted by atomic mass is 16.6. The maximum absolute atomic E-state index is 12.9. The zero-order chi connectivity index (χ0) is 22.7. The van der Waals surface area contributed by atoms with E-state index in [4.69, 9.17) is 13.9 Å². The van der Waals surface area contributed by atoms with Gasteiger partial charge in [-0.1, -0.05) is 18.2 Å². The zero-order valence-corrected chi connectivity index (χ0v) is 18.5. The molecule has 0 saturated carbocycles. The number of nitrogens with zero attached hydrogens (tertiary/aromatic N) is 3. The highest BCUT2D eigenvalue weighted by Gasteiger charge is 2.25. The monoisotopic (exact) mass is 431 g/mol. The van der Waals surface area contributed by atoms with Crippen LogP contribution < -0.4 is 9.64 Å². The van der Waals surface area contributed by atoms with E-state index in [0.717, 1.165) is 11.4 Å². The van der Waals surface area contributed by atoms with Crippen molar-refractivity contribution in [1.29, 1.82) is 0 Å². The summed E-state index contributed by atoms with van der Waals surface area (Å²) < 4.78 is 17.4. The maximum Gasteiger partial charge on any atom is 0.415 e. The van der Waals surface area contributed by atoms with Crippen LogP contribution in [0.1, 0.15) is 32.4 Å². The average Bonchev–Trinajstić information content (AvgIpc) is 3.13. The Balaban J connectivity index is 1.61. The van der Waals surface area contributed by atoms with Crippen LogP contribution >= 0.6 is 0 Å². The second kappa shape index (κ2) is 8.70. The number of hydrogen-bond acceptors (Lipinski definition) is 6. The third kappa shape index (κ3) is 5.24. The number of oxazole rings is 1. The van der Waals surface area contributed by atoms with E-state index in [1.165, 1.54) is 4.90 Å². The molecule has 32 heavy (non-hydrogen) atoms. The Labute approximate surface area is 186 Å². The van der Waals surface area contributed by atoms with E-state index in [0.29, 0.717) is 28.4 Å². The molecule has 2 heterocycles. The van der Waals surface area contributed by atoms with E-state index in [1.807, 2.05) is 76.2 Å². The van der Waals surface area contributed by atoms with Gasteiger partial charge in [0, 0.05) is 18.0 Å². The first-order valence-corrected chi connectivity index (χ1v) is 10.3. The van der Waals surface area contributed by atoms with Gasteiger partial charge >= 0.3 is 6.09 Å². The molecule has 1 amide bonds. The number of rotatable bonds is 5. The van der Waals surface area contributed by atoms with Crippen molar-refractivity contribution in [3.8, 4) is 11.5 Å². The van der Waals surface area contributed by atoms with E-state index in [9.17, 15) is 4.79 Å². The van der Waals surface area contributed by atoms with Gasteiger partial charge in [0.25, 0.3) is 0 Å². The van der Waals surface area contributed by atoms with Crippen molar-refractivity contribution in [3.63, 3.8) is 0 Å². The molecule has 4 aromatic rings. The summed E-state index contributed by atoms with van der Waals surface area (Å²) in [6.07, 6.45) is 1.17. The van der Waals surface area contributed by atoms with Gasteiger partial charge in [-0.05, 0) is 64.1 Å². The minimum absolute atomic E-state index is 0.113. The van der Waals surface area contributed by atoms with Gasteiger partial charge in [-0.25, -0.2) is 9.78 Å². The molecule has 2 aromatic heterocycles. The van der Waals surface area contributed by atoms with Gasteiger partial charge in [0.2, 0.25) is 5.89 Å². The Morgan fingerprint density at radius 3 is 2.53 bits per heavy atom. The molecular weight excluding hydrogens is 406 g/mol. The smallest absolute Gasteiger partial charge is 0.415 e. The van der Waals surface area contributed by atoms with Crippen LogP contribution in [0.25, 0.3) is 11.1 Å². The standard InChI is InChI=1S/C25H25N3O4/c1-17-14-18(12-13-26-17)28(24(29)32-25(2,3)4)16-23-27-21-11-10-20(15-22(21)31-23)30-19-8-6-5-7-9-19/h5-15H,16H2,1-4H3. The summed E-state index contributed by atoms with van der Waals surface area (Å²) in [6, 6.07) is 18.5. The van der Waals surface area contributed by atoms with E-state index in [2.05, 4.69) is 9.97 Å². The lowest BCUT2D eigenvalue weighted by Gasteiger charge is -2.26. The number of ether oxygens (including phenoxy) is 2. The Morgan fingerprint density at radius 2 is 1.81 bits per heavy atom. The Bertz CT molecular complexity index is 1230. The van der Waals surface area contributed by atoms with Crippen LogP contribution in [-0.4, -0.2) is 21.7 Å². The topological polar surface area (TPSA) is 77.7 Å². The van der Waals surface area contributed by atoms with Crippen molar-refractivity contribution in [2.45, 2.75) is 39.8 Å². The van der Waals surface area contributed by atoms with Gasteiger partial charge in [0.05, 0.1) is 5.69 Å². The number of para-hydroxylation sites is 1. The molecule has 2 aromatic carbocycles. The molecular formula is C25H25N3O4. The highest BCUT2D eigenvalue weighted by molar-refractivity contribution is 5.87. The minimum Gasteiger partial charge on any atom is -0.457 e. The molecule has 0 spiro atoms. The molecule has 0 aliphatic rings. The first-order chi connectivity index (χ1) is 15.3. The van der Waals surface area contributed by atoms with Gasteiger partial charge in [0.15, 0.2) is 5.58 Å². The molecule has 7 nitrogen and oxygen atoms in total. The molecule has 0 aliphatic heterocycles. The van der Waals surface area contributed by atoms with Gasteiger partial charge in [0.1, 0.15) is 29.2 Å². The molecule has 4 rings (SSSR count). The fourth-order valence-corrected chi connectivity index (χ4v) is 3.12. The van der Waals surface area contributed by atoms with Crippen molar-refractivity contribution in [2.24, 2.45) is 0 Å². The summed E-state index contributed by atoms with van der Waals surface area (Å²) in [5.41, 5.74) is 2.06. The lowest BCUT2D eigenvalue weighted by Crippen LogP contribution is -2.36. The number of aryl methyl sites for hydroxylation is 1. The number of pyridine rings is 1. The molecule has 0 bridgehead atoms. The van der Waals surface area contributed by atoms with Gasteiger partial charge in [-0.3, -0.25) is 9.88 Å². The molecule has 0 radical (unpaired) electrons. The Kier molecular flexibility index (Phi) is 5.81. The van der Waals surface area contributed by atoms with Crippen molar-refractivity contribution >= 4 is 22.9 Å². The SMILES string of the molecule is Cc1cc(N(Cc2nc3ccc(Oc4ccccc4)cc3o2)C(=O)OC(C)(C)C)ccn1. The second-order valence-corrected chi connectivity index (χ2v) is 8.37. The summed E-state index contributed by atoms with van der Waals surface area (Å²) in [5, 5.41) is 0. The average molecular weight is 431 g/mol. The summed E-state index contributed by atoms with van der Waals surface area (Å²) in [6.45, 7) is 7.46. The van der Waals surface area contributed by atoms with Crippen molar-refractivity contribution < 1.29 is 18.7 Å². The quantitative estimate of drug-likeness (QED) is 0.371. The van der Waals surface area contributed by atoms with Gasteiger partial charge < -0.3 is 13.9 Å². The predicted molar refractivity (Wildman–Crippen MR) is 122 cm³/mol. The number of carbonyl (C=O) groups excluding carboxylic acids is 1. The zero-order valence-electron chi connectivity index (χ0n) is 18.5. The van der Waals surface area contributed by atoms with Crippen LogP contribution in [0.2, 0.25) is 0 Å². The van der Waals surface area contributed by atoms with Crippen LogP contribution in [0.15, 0.2) is 71.3 Å². The van der Waals surface area contributed by atoms with Crippen LogP contribution in [0.4, 0.5) is 10.5 Å². The largest absolute Gasteiger partial charge is 0.457 e. The number of benzene rings is 2. The van der Waals surface area contributed by atoms with Crippen LogP contribution in [-0.2, 0) is 11.3 Å². The summed E-state index contributed by atoms with van der Waals surface area (Å²) in [4.78, 5) is 23.2. The number of aromatic nitrogens is 2. The summed E-state index contributed by atoms with van der Waals surface area (Å²) in [5.74, 6) is 1.76. The van der Waals surface area contributed by atoms with E-state index < -0.39 is 11.7 Å². The van der Waals surface area contributed by atoms with E-state index in [-0.39, 0.29) is 6.54 Å². The molecule has 0 fully saturated rings. The molecule has 164 valence electrons. The Hall–Kier alpha value is -3.87. The number of amides is 1. The lowest BCUT2D eigenvalue weighted by atomic mass is 10.2. The predicted octanol–water partition coefficient (Wildman–Crippen LogP) is 6.27. The number of fused-ring (bicyclic) bond motifs is 1. The molecule has 0 unspecified atom stereocenters. The normalized spacial score (nSPS) is 11.4. The molecule has 0 aliphatic carbocycles. The first-order valence-electron chi connectivity index (χ1n) is 10.3. The highest BCUT2D eigenvalue weighted by Crippen LogP contribution is 2.27. The van der Waals surface area contributed by atoms with Crippen LogP contribution in [0.3, 0.4) is 0 Å². The fourth-order valence-electron chi connectivity index (χ4n) is 3.12. The van der Waals surface area contributed by atoms with Crippen molar-refractivity contribution in [2.75, 3.05) is 4.90 Å². The molecule has 0 saturated heterocycles. The third-order valence-electron chi connectivity index (χ3n) is 4.48. The third-order valence-corrected chi connectivity index (χ3v) is 4.48. The van der Waals surface area contributed by atoms with Crippen molar-refractivity contribution in [3.05, 3.63) is 78.4 Å². The fraction of sp³-hybridized carbons (Fsp3) is 0.240.